The predicted octanol–water partition coefficient (Wildman–Crippen LogP) is 1.78. The van der Waals surface area contributed by atoms with Crippen molar-refractivity contribution in [3.63, 3.8) is 0 Å². The Morgan fingerprint density at radius 3 is 2.92 bits per heavy atom. The average Bonchev–Trinajstić information content (AvgIpc) is 2.14. The third-order valence-electron chi connectivity index (χ3n) is 1.80. The molecule has 0 aliphatic carbocycles. The second-order valence-corrected chi connectivity index (χ2v) is 2.90. The van der Waals surface area contributed by atoms with Gasteiger partial charge < -0.3 is 4.90 Å². The van der Waals surface area contributed by atoms with Crippen molar-refractivity contribution in [1.29, 1.82) is 5.26 Å². The highest BCUT2D eigenvalue weighted by molar-refractivity contribution is 5.16. The molecule has 0 fully saturated rings. The standard InChI is InChI=1S/C10H11FN2/c1-13(8-12)6-5-9-3-2-4-10(11)7-9/h2-4,7H,5-6H2,1H3. The van der Waals surface area contributed by atoms with E-state index in [4.69, 9.17) is 5.26 Å². The van der Waals surface area contributed by atoms with E-state index < -0.39 is 0 Å². The number of nitriles is 1. The molecule has 0 unspecified atom stereocenters. The summed E-state index contributed by atoms with van der Waals surface area (Å²) in [6.07, 6.45) is 2.69. The Balaban J connectivity index is 2.51. The molecule has 0 aliphatic rings. The van der Waals surface area contributed by atoms with Gasteiger partial charge in [0.05, 0.1) is 0 Å². The van der Waals surface area contributed by atoms with E-state index in [1.807, 2.05) is 12.3 Å². The van der Waals surface area contributed by atoms with Gasteiger partial charge >= 0.3 is 0 Å². The fraction of sp³-hybridized carbons (Fsp3) is 0.300. The number of benzene rings is 1. The van der Waals surface area contributed by atoms with Crippen LogP contribution < -0.4 is 0 Å². The van der Waals surface area contributed by atoms with Gasteiger partial charge in [0.25, 0.3) is 0 Å². The van der Waals surface area contributed by atoms with E-state index in [0.29, 0.717) is 13.0 Å². The highest BCUT2D eigenvalue weighted by atomic mass is 19.1. The van der Waals surface area contributed by atoms with E-state index >= 15 is 0 Å². The van der Waals surface area contributed by atoms with Crippen molar-refractivity contribution < 1.29 is 4.39 Å². The topological polar surface area (TPSA) is 27.0 Å². The summed E-state index contributed by atoms with van der Waals surface area (Å²) in [6.45, 7) is 0.625. The number of nitrogens with zero attached hydrogens (tertiary/aromatic N) is 2. The highest BCUT2D eigenvalue weighted by Gasteiger charge is 1.97. The van der Waals surface area contributed by atoms with Crippen LogP contribution in [-0.4, -0.2) is 18.5 Å². The molecule has 0 atom stereocenters. The minimum Gasteiger partial charge on any atom is -0.313 e. The van der Waals surface area contributed by atoms with E-state index in [2.05, 4.69) is 0 Å². The van der Waals surface area contributed by atoms with Gasteiger partial charge in [-0.25, -0.2) is 4.39 Å². The van der Waals surface area contributed by atoms with E-state index in [1.165, 1.54) is 17.0 Å². The molecule has 0 aliphatic heterocycles. The lowest BCUT2D eigenvalue weighted by molar-refractivity contribution is 0.478. The molecule has 13 heavy (non-hydrogen) atoms. The molecule has 0 N–H and O–H groups in total. The van der Waals surface area contributed by atoms with Crippen LogP contribution in [0.5, 0.6) is 0 Å². The number of rotatable bonds is 3. The van der Waals surface area contributed by atoms with Crippen LogP contribution in [0.4, 0.5) is 4.39 Å². The lowest BCUT2D eigenvalue weighted by atomic mass is 10.1. The Hall–Kier alpha value is -1.56. The van der Waals surface area contributed by atoms with Gasteiger partial charge in [-0.1, -0.05) is 12.1 Å². The summed E-state index contributed by atoms with van der Waals surface area (Å²) in [7, 11) is 1.71. The van der Waals surface area contributed by atoms with Crippen LogP contribution >= 0.6 is 0 Å². The third-order valence-corrected chi connectivity index (χ3v) is 1.80. The number of likely N-dealkylation sites (N-methyl/N-ethyl adjacent to an activating group) is 1. The molecular formula is C10H11FN2. The number of hydrogen-bond acceptors (Lipinski definition) is 2. The van der Waals surface area contributed by atoms with Gasteiger partial charge in [0.2, 0.25) is 0 Å². The van der Waals surface area contributed by atoms with Crippen LogP contribution in [0, 0.1) is 17.3 Å². The number of hydrogen-bond donors (Lipinski definition) is 0. The summed E-state index contributed by atoms with van der Waals surface area (Å²) in [5.41, 5.74) is 0.919. The summed E-state index contributed by atoms with van der Waals surface area (Å²) in [4.78, 5) is 1.52. The highest BCUT2D eigenvalue weighted by Crippen LogP contribution is 2.04. The average molecular weight is 178 g/mol. The maximum absolute atomic E-state index is 12.7. The van der Waals surface area contributed by atoms with Crippen LogP contribution in [-0.2, 0) is 6.42 Å². The molecule has 0 aromatic heterocycles. The first-order valence-corrected chi connectivity index (χ1v) is 4.07. The van der Waals surface area contributed by atoms with Crippen molar-refractivity contribution in [1.82, 2.24) is 4.90 Å². The molecule has 0 spiro atoms. The molecule has 2 nitrogen and oxygen atoms in total. The van der Waals surface area contributed by atoms with Gasteiger partial charge in [0, 0.05) is 13.6 Å². The Bertz CT molecular complexity index is 317. The summed E-state index contributed by atoms with van der Waals surface area (Å²) < 4.78 is 12.7. The van der Waals surface area contributed by atoms with E-state index in [1.54, 1.807) is 13.1 Å². The fourth-order valence-electron chi connectivity index (χ4n) is 1.04. The quantitative estimate of drug-likeness (QED) is 0.521. The molecule has 1 aromatic carbocycles. The van der Waals surface area contributed by atoms with Gasteiger partial charge in [0.15, 0.2) is 6.19 Å². The minimum absolute atomic E-state index is 0.225. The normalized spacial score (nSPS) is 9.31. The molecule has 0 saturated carbocycles. The molecule has 0 radical (unpaired) electrons. The second kappa shape index (κ2) is 4.46. The van der Waals surface area contributed by atoms with Gasteiger partial charge in [-0.15, -0.1) is 0 Å². The zero-order valence-corrected chi connectivity index (χ0v) is 7.50. The molecule has 1 rings (SSSR count). The zero-order chi connectivity index (χ0) is 9.68. The summed E-state index contributed by atoms with van der Waals surface area (Å²) >= 11 is 0. The van der Waals surface area contributed by atoms with E-state index in [-0.39, 0.29) is 5.82 Å². The molecule has 0 saturated heterocycles. The molecule has 0 bridgehead atoms. The second-order valence-electron chi connectivity index (χ2n) is 2.90. The van der Waals surface area contributed by atoms with Gasteiger partial charge in [0.1, 0.15) is 5.82 Å². The maximum Gasteiger partial charge on any atom is 0.179 e. The van der Waals surface area contributed by atoms with Crippen molar-refractivity contribution in [2.45, 2.75) is 6.42 Å². The molecule has 0 heterocycles. The Morgan fingerprint density at radius 2 is 2.31 bits per heavy atom. The number of halogens is 1. The monoisotopic (exact) mass is 178 g/mol. The third kappa shape index (κ3) is 3.12. The van der Waals surface area contributed by atoms with Gasteiger partial charge in [-0.2, -0.15) is 5.26 Å². The molecule has 0 amide bonds. The summed E-state index contributed by atoms with van der Waals surface area (Å²) in [5, 5.41) is 8.47. The van der Waals surface area contributed by atoms with Crippen molar-refractivity contribution in [3.8, 4) is 6.19 Å². The van der Waals surface area contributed by atoms with E-state index in [9.17, 15) is 4.39 Å². The summed E-state index contributed by atoms with van der Waals surface area (Å²) in [5.74, 6) is -0.225. The van der Waals surface area contributed by atoms with Crippen LogP contribution in [0.1, 0.15) is 5.56 Å². The van der Waals surface area contributed by atoms with Crippen LogP contribution in [0.15, 0.2) is 24.3 Å². The summed E-state index contributed by atoms with van der Waals surface area (Å²) in [6, 6.07) is 6.44. The zero-order valence-electron chi connectivity index (χ0n) is 7.50. The smallest absolute Gasteiger partial charge is 0.179 e. The fourth-order valence-corrected chi connectivity index (χ4v) is 1.04. The first-order chi connectivity index (χ1) is 6.22. The first-order valence-electron chi connectivity index (χ1n) is 4.07. The Morgan fingerprint density at radius 1 is 1.54 bits per heavy atom. The van der Waals surface area contributed by atoms with Crippen molar-refractivity contribution in [2.24, 2.45) is 0 Å². The molecule has 3 heteroatoms. The maximum atomic E-state index is 12.7. The molecule has 1 aromatic rings. The largest absolute Gasteiger partial charge is 0.313 e. The van der Waals surface area contributed by atoms with Crippen LogP contribution in [0.25, 0.3) is 0 Å². The van der Waals surface area contributed by atoms with Crippen molar-refractivity contribution >= 4 is 0 Å². The lowest BCUT2D eigenvalue weighted by Crippen LogP contribution is -2.14. The SMILES string of the molecule is CN(C#N)CCc1cccc(F)c1. The van der Waals surface area contributed by atoms with Gasteiger partial charge in [-0.05, 0) is 24.1 Å². The Kier molecular flexibility index (Phi) is 3.27. The first kappa shape index (κ1) is 9.53. The van der Waals surface area contributed by atoms with Gasteiger partial charge in [-0.3, -0.25) is 0 Å². The van der Waals surface area contributed by atoms with E-state index in [0.717, 1.165) is 5.56 Å². The predicted molar refractivity (Wildman–Crippen MR) is 48.3 cm³/mol. The Labute approximate surface area is 77.2 Å². The van der Waals surface area contributed by atoms with Crippen molar-refractivity contribution in [3.05, 3.63) is 35.6 Å². The minimum atomic E-state index is -0.225. The van der Waals surface area contributed by atoms with Crippen molar-refractivity contribution in [2.75, 3.05) is 13.6 Å². The van der Waals surface area contributed by atoms with Crippen LogP contribution in [0.3, 0.4) is 0 Å². The van der Waals surface area contributed by atoms with Crippen LogP contribution in [0.2, 0.25) is 0 Å². The molecular weight excluding hydrogens is 167 g/mol. The molecule has 68 valence electrons. The lowest BCUT2D eigenvalue weighted by Gasteiger charge is -2.07.